The number of nitro groups is 1. The van der Waals surface area contributed by atoms with Gasteiger partial charge in [0.2, 0.25) is 0 Å². The normalized spacial score (nSPS) is 16.3. The summed E-state index contributed by atoms with van der Waals surface area (Å²) in [5, 5.41) is 15.6. The van der Waals surface area contributed by atoms with E-state index in [-0.39, 0.29) is 16.6 Å². The number of sulfone groups is 1. The summed E-state index contributed by atoms with van der Waals surface area (Å²) in [4.78, 5) is 12.7. The minimum atomic E-state index is -3.48. The van der Waals surface area contributed by atoms with E-state index in [0.29, 0.717) is 18.8 Å². The topological polar surface area (TPSA) is 98.3 Å². The van der Waals surface area contributed by atoms with E-state index in [4.69, 9.17) is 0 Å². The molecule has 0 amide bonds. The van der Waals surface area contributed by atoms with E-state index in [2.05, 4.69) is 5.10 Å². The number of rotatable bonds is 4. The van der Waals surface area contributed by atoms with E-state index >= 15 is 0 Å². The number of piperidine rings is 1. The molecule has 0 atom stereocenters. The average molecular weight is 350 g/mol. The van der Waals surface area contributed by atoms with Crippen molar-refractivity contribution in [3.63, 3.8) is 0 Å². The number of hydrogen-bond acceptors (Lipinski definition) is 6. The molecule has 1 aliphatic heterocycles. The first-order valence-corrected chi connectivity index (χ1v) is 9.48. The van der Waals surface area contributed by atoms with Crippen LogP contribution in [0.2, 0.25) is 0 Å². The highest BCUT2D eigenvalue weighted by Gasteiger charge is 2.27. The second-order valence-corrected chi connectivity index (χ2v) is 7.90. The van der Waals surface area contributed by atoms with Crippen LogP contribution in [0.3, 0.4) is 0 Å². The van der Waals surface area contributed by atoms with Crippen molar-refractivity contribution in [2.24, 2.45) is 0 Å². The summed E-state index contributed by atoms with van der Waals surface area (Å²) in [5.41, 5.74) is 0.293. The van der Waals surface area contributed by atoms with Crippen molar-refractivity contribution < 1.29 is 13.3 Å². The van der Waals surface area contributed by atoms with E-state index in [1.165, 1.54) is 12.1 Å². The van der Waals surface area contributed by atoms with Crippen LogP contribution in [0.25, 0.3) is 0 Å². The SMILES string of the molecule is CS(=O)(=O)c1ccc(N2CCC(n3cccn3)CC2)c([N+](=O)[O-])c1. The van der Waals surface area contributed by atoms with Crippen LogP contribution in [0, 0.1) is 10.1 Å². The Morgan fingerprint density at radius 1 is 1.29 bits per heavy atom. The van der Waals surface area contributed by atoms with E-state index in [9.17, 15) is 18.5 Å². The summed E-state index contributed by atoms with van der Waals surface area (Å²) in [6.45, 7) is 1.31. The second-order valence-electron chi connectivity index (χ2n) is 5.88. The van der Waals surface area contributed by atoms with Crippen LogP contribution >= 0.6 is 0 Å². The average Bonchev–Trinajstić information content (AvgIpc) is 3.08. The molecule has 1 fully saturated rings. The van der Waals surface area contributed by atoms with Gasteiger partial charge in [0.25, 0.3) is 5.69 Å². The van der Waals surface area contributed by atoms with Gasteiger partial charge in [0.1, 0.15) is 5.69 Å². The smallest absolute Gasteiger partial charge is 0.293 e. The lowest BCUT2D eigenvalue weighted by molar-refractivity contribution is -0.384. The van der Waals surface area contributed by atoms with Gasteiger partial charge in [-0.1, -0.05) is 0 Å². The number of hydrogen-bond donors (Lipinski definition) is 0. The van der Waals surface area contributed by atoms with Crippen LogP contribution in [-0.4, -0.2) is 42.5 Å². The lowest BCUT2D eigenvalue weighted by Gasteiger charge is -2.33. The van der Waals surface area contributed by atoms with Gasteiger partial charge in [-0.15, -0.1) is 0 Å². The van der Waals surface area contributed by atoms with Gasteiger partial charge in [0.05, 0.1) is 15.9 Å². The van der Waals surface area contributed by atoms with E-state index in [1.807, 2.05) is 21.8 Å². The molecule has 0 unspecified atom stereocenters. The van der Waals surface area contributed by atoms with Gasteiger partial charge < -0.3 is 4.90 Å². The zero-order valence-corrected chi connectivity index (χ0v) is 14.0. The van der Waals surface area contributed by atoms with E-state index in [1.54, 1.807) is 6.20 Å². The second kappa shape index (κ2) is 6.23. The van der Waals surface area contributed by atoms with Crippen molar-refractivity contribution in [2.75, 3.05) is 24.2 Å². The number of aromatic nitrogens is 2. The zero-order chi connectivity index (χ0) is 17.3. The third-order valence-corrected chi connectivity index (χ3v) is 5.39. The molecule has 0 spiro atoms. The Balaban J connectivity index is 1.84. The van der Waals surface area contributed by atoms with Crippen molar-refractivity contribution in [3.8, 4) is 0 Å². The predicted molar refractivity (Wildman–Crippen MR) is 88.9 cm³/mol. The van der Waals surface area contributed by atoms with Gasteiger partial charge in [-0.25, -0.2) is 8.42 Å². The number of nitrogens with zero attached hydrogens (tertiary/aromatic N) is 4. The molecule has 0 saturated carbocycles. The first-order chi connectivity index (χ1) is 11.4. The van der Waals surface area contributed by atoms with Gasteiger partial charge in [-0.05, 0) is 31.0 Å². The summed E-state index contributed by atoms with van der Waals surface area (Å²) in [7, 11) is -3.48. The summed E-state index contributed by atoms with van der Waals surface area (Å²) in [6, 6.07) is 6.26. The summed E-state index contributed by atoms with van der Waals surface area (Å²) in [5.74, 6) is 0. The molecule has 3 rings (SSSR count). The van der Waals surface area contributed by atoms with Crippen LogP contribution in [0.5, 0.6) is 0 Å². The molecule has 1 saturated heterocycles. The lowest BCUT2D eigenvalue weighted by Crippen LogP contribution is -2.35. The molecule has 0 aliphatic carbocycles. The van der Waals surface area contributed by atoms with E-state index < -0.39 is 14.8 Å². The van der Waals surface area contributed by atoms with Crippen LogP contribution in [0.15, 0.2) is 41.6 Å². The highest BCUT2D eigenvalue weighted by atomic mass is 32.2. The Morgan fingerprint density at radius 2 is 2.00 bits per heavy atom. The van der Waals surface area contributed by atoms with Crippen molar-refractivity contribution in [2.45, 2.75) is 23.8 Å². The third-order valence-electron chi connectivity index (χ3n) is 4.28. The Bertz CT molecular complexity index is 840. The molecule has 0 N–H and O–H groups in total. The minimum absolute atomic E-state index is 0.0376. The summed E-state index contributed by atoms with van der Waals surface area (Å²) < 4.78 is 25.2. The zero-order valence-electron chi connectivity index (χ0n) is 13.2. The van der Waals surface area contributed by atoms with Crippen LogP contribution in [0.4, 0.5) is 11.4 Å². The largest absolute Gasteiger partial charge is 0.366 e. The third kappa shape index (κ3) is 3.25. The maximum Gasteiger partial charge on any atom is 0.293 e. The van der Waals surface area contributed by atoms with Gasteiger partial charge in [0.15, 0.2) is 9.84 Å². The standard InChI is InChI=1S/C15H18N4O4S/c1-24(22,23)13-3-4-14(15(11-13)19(20)21)17-9-5-12(6-10-17)18-8-2-7-16-18/h2-4,7-8,11-12H,5-6,9-10H2,1H3. The summed E-state index contributed by atoms with van der Waals surface area (Å²) >= 11 is 0. The van der Waals surface area contributed by atoms with Gasteiger partial charge >= 0.3 is 0 Å². The van der Waals surface area contributed by atoms with Gasteiger partial charge in [-0.2, -0.15) is 5.10 Å². The molecular formula is C15H18N4O4S. The minimum Gasteiger partial charge on any atom is -0.366 e. The molecule has 2 aromatic rings. The fourth-order valence-corrected chi connectivity index (χ4v) is 3.66. The molecule has 1 aromatic heterocycles. The van der Waals surface area contributed by atoms with Crippen molar-refractivity contribution in [1.29, 1.82) is 0 Å². The van der Waals surface area contributed by atoms with Gasteiger partial charge in [0, 0.05) is 37.8 Å². The molecule has 1 aliphatic rings. The quantitative estimate of drug-likeness (QED) is 0.618. The van der Waals surface area contributed by atoms with E-state index in [0.717, 1.165) is 25.2 Å². The number of anilines is 1. The molecule has 0 radical (unpaired) electrons. The van der Waals surface area contributed by atoms with Crippen molar-refractivity contribution in [1.82, 2.24) is 9.78 Å². The first-order valence-electron chi connectivity index (χ1n) is 7.59. The molecule has 9 heteroatoms. The molecule has 8 nitrogen and oxygen atoms in total. The monoisotopic (exact) mass is 350 g/mol. The molecule has 0 bridgehead atoms. The highest BCUT2D eigenvalue weighted by Crippen LogP contribution is 2.34. The van der Waals surface area contributed by atoms with Crippen molar-refractivity contribution in [3.05, 3.63) is 46.8 Å². The van der Waals surface area contributed by atoms with Crippen LogP contribution in [-0.2, 0) is 9.84 Å². The van der Waals surface area contributed by atoms with Gasteiger partial charge in [-0.3, -0.25) is 14.8 Å². The first kappa shape index (κ1) is 16.4. The summed E-state index contributed by atoms with van der Waals surface area (Å²) in [6.07, 6.45) is 6.35. The predicted octanol–water partition coefficient (Wildman–Crippen LogP) is 2.04. The Labute approximate surface area is 139 Å². The molecule has 2 heterocycles. The Kier molecular flexibility index (Phi) is 4.27. The molecular weight excluding hydrogens is 332 g/mol. The Morgan fingerprint density at radius 3 is 2.54 bits per heavy atom. The highest BCUT2D eigenvalue weighted by molar-refractivity contribution is 7.90. The van der Waals surface area contributed by atoms with Crippen molar-refractivity contribution >= 4 is 21.2 Å². The number of benzene rings is 1. The molecule has 1 aromatic carbocycles. The molecule has 24 heavy (non-hydrogen) atoms. The number of nitro benzene ring substituents is 1. The van der Waals surface area contributed by atoms with Crippen LogP contribution < -0.4 is 4.90 Å². The van der Waals surface area contributed by atoms with Crippen LogP contribution in [0.1, 0.15) is 18.9 Å². The fraction of sp³-hybridized carbons (Fsp3) is 0.400. The lowest BCUT2D eigenvalue weighted by atomic mass is 10.0. The Hall–Kier alpha value is -2.42. The molecule has 128 valence electrons. The maximum absolute atomic E-state index is 11.6. The fourth-order valence-electron chi connectivity index (χ4n) is 3.02. The maximum atomic E-state index is 11.6.